The van der Waals surface area contributed by atoms with Crippen LogP contribution in [0.25, 0.3) is 0 Å². The van der Waals surface area contributed by atoms with Gasteiger partial charge in [-0.2, -0.15) is 0 Å². The zero-order chi connectivity index (χ0) is 23.7. The van der Waals surface area contributed by atoms with Crippen LogP contribution < -0.4 is 10.8 Å². The average Bonchev–Trinajstić information content (AvgIpc) is 2.78. The highest BCUT2D eigenvalue weighted by Crippen LogP contribution is 2.30. The van der Waals surface area contributed by atoms with Gasteiger partial charge in [-0.15, -0.1) is 0 Å². The van der Waals surface area contributed by atoms with Gasteiger partial charge >= 0.3 is 0 Å². The first kappa shape index (κ1) is 25.9. The predicted octanol–water partition coefficient (Wildman–Crippen LogP) is 2.05. The number of carbonyl (C=O) groups excluding carboxylic acids is 2. The lowest BCUT2D eigenvalue weighted by molar-refractivity contribution is -0.183. The summed E-state index contributed by atoms with van der Waals surface area (Å²) in [6.45, 7) is -1.58. The Balaban J connectivity index is 2.49. The molecule has 9 nitrogen and oxygen atoms in total. The van der Waals surface area contributed by atoms with E-state index in [1.165, 1.54) is 17.2 Å². The minimum atomic E-state index is -1.47. The van der Waals surface area contributed by atoms with Gasteiger partial charge in [-0.25, -0.2) is 23.7 Å². The summed E-state index contributed by atoms with van der Waals surface area (Å²) in [5.74, 6) is -5.18. The van der Waals surface area contributed by atoms with Crippen molar-refractivity contribution in [2.75, 3.05) is 39.4 Å². The number of hydrogen-bond acceptors (Lipinski definition) is 7. The van der Waals surface area contributed by atoms with Gasteiger partial charge in [0.25, 0.3) is 11.8 Å². The Labute approximate surface area is 191 Å². The molecule has 0 radical (unpaired) electrons. The maximum atomic E-state index is 15.0. The zero-order valence-electron chi connectivity index (χ0n) is 17.1. The standard InChI is InChI=1S/C19H21F3IN3O6/c1-30-10-15(28)26(31-2)9-11-7-12(19(29)25-32-6-5-27)18(17(22)16(11)21)24-14-3-4-23-8-13(14)20/h3-4,7-8,24,27H,5-6,9-10H2,1-2H3,(H,25,29). The average molecular weight is 571 g/mol. The Morgan fingerprint density at radius 2 is 1.97 bits per heavy atom. The number of methoxy groups -OCH3 is 1. The molecule has 1 heterocycles. The lowest BCUT2D eigenvalue weighted by Gasteiger charge is -2.22. The first-order valence-corrected chi connectivity index (χ1v) is 11.5. The van der Waals surface area contributed by atoms with Crippen LogP contribution in [0.3, 0.4) is 0 Å². The second kappa shape index (κ2) is 12.6. The molecular weight excluding hydrogens is 550 g/mol. The molecule has 2 rings (SSSR count). The molecule has 0 atom stereocenters. The molecule has 1 aliphatic rings. The fourth-order valence-electron chi connectivity index (χ4n) is 2.48. The lowest BCUT2D eigenvalue weighted by Crippen LogP contribution is -2.33. The summed E-state index contributed by atoms with van der Waals surface area (Å²) in [5, 5.41) is 11.9. The number of ether oxygens (including phenoxy) is 1. The summed E-state index contributed by atoms with van der Waals surface area (Å²) in [4.78, 5) is 34.2. The number of rotatable bonds is 11. The summed E-state index contributed by atoms with van der Waals surface area (Å²) in [5.41, 5.74) is 0.378. The molecule has 1 aromatic carbocycles. The molecule has 0 bridgehead atoms. The van der Waals surface area contributed by atoms with E-state index in [4.69, 9.17) is 19.5 Å². The first-order valence-electron chi connectivity index (χ1n) is 8.99. The van der Waals surface area contributed by atoms with Crippen LogP contribution in [0.4, 0.5) is 18.9 Å². The number of benzene rings is 1. The van der Waals surface area contributed by atoms with Crippen LogP contribution in [0.2, 0.25) is 0 Å². The van der Waals surface area contributed by atoms with Crippen molar-refractivity contribution < 1.29 is 42.3 Å². The third-order valence-electron chi connectivity index (χ3n) is 3.94. The smallest absolute Gasteiger partial charge is 0.277 e. The molecule has 1 aliphatic heterocycles. The third kappa shape index (κ3) is 6.59. The van der Waals surface area contributed by atoms with Crippen molar-refractivity contribution in [2.24, 2.45) is 0 Å². The molecule has 0 saturated carbocycles. The van der Waals surface area contributed by atoms with Crippen LogP contribution in [0.15, 0.2) is 27.7 Å². The summed E-state index contributed by atoms with van der Waals surface area (Å²) < 4.78 is 51.7. The largest absolute Gasteiger partial charge is 0.394 e. The SMILES string of the molecule is COCC(=O)N(Cc1cc(C(=O)NOCCO)c(NC2=C(F)C=IC=C2)c(F)c1F)OC. The summed E-state index contributed by atoms with van der Waals surface area (Å²) in [6, 6.07) is 0.978. The van der Waals surface area contributed by atoms with Gasteiger partial charge in [0, 0.05) is 16.7 Å². The lowest BCUT2D eigenvalue weighted by atomic mass is 10.1. The highest BCUT2D eigenvalue weighted by Gasteiger charge is 2.26. The fraction of sp³-hybridized carbons (Fsp3) is 0.316. The van der Waals surface area contributed by atoms with E-state index >= 15 is 4.39 Å². The van der Waals surface area contributed by atoms with Crippen LogP contribution >= 0.6 is 20.7 Å². The topological polar surface area (TPSA) is 109 Å². The van der Waals surface area contributed by atoms with Gasteiger partial charge in [0.1, 0.15) is 6.61 Å². The normalized spacial score (nSPS) is 13.1. The van der Waals surface area contributed by atoms with Crippen molar-refractivity contribution in [2.45, 2.75) is 6.54 Å². The van der Waals surface area contributed by atoms with Crippen molar-refractivity contribution in [1.29, 1.82) is 0 Å². The van der Waals surface area contributed by atoms with Crippen molar-refractivity contribution >= 4 is 42.2 Å². The van der Waals surface area contributed by atoms with Crippen molar-refractivity contribution in [3.8, 4) is 0 Å². The minimum Gasteiger partial charge on any atom is -0.394 e. The van der Waals surface area contributed by atoms with Gasteiger partial charge in [0.15, 0.2) is 17.5 Å². The van der Waals surface area contributed by atoms with Crippen LogP contribution in [0.1, 0.15) is 15.9 Å². The number of hydroxylamine groups is 3. The van der Waals surface area contributed by atoms with Crippen molar-refractivity contribution in [3.63, 3.8) is 0 Å². The van der Waals surface area contributed by atoms with Gasteiger partial charge in [0.2, 0.25) is 0 Å². The van der Waals surface area contributed by atoms with E-state index in [-0.39, 0.29) is 18.9 Å². The number of hydrogen-bond donors (Lipinski definition) is 3. The number of amides is 2. The van der Waals surface area contributed by atoms with Gasteiger partial charge in [-0.1, -0.05) is 20.7 Å². The Bertz CT molecular complexity index is 955. The van der Waals surface area contributed by atoms with E-state index in [2.05, 4.69) is 5.32 Å². The maximum Gasteiger partial charge on any atom is 0.277 e. The van der Waals surface area contributed by atoms with Gasteiger partial charge in [-0.3, -0.25) is 19.3 Å². The molecule has 2 amide bonds. The van der Waals surface area contributed by atoms with Crippen LogP contribution in [-0.2, 0) is 25.8 Å². The molecule has 0 fully saturated rings. The van der Waals surface area contributed by atoms with Crippen LogP contribution in [-0.4, -0.2) is 60.0 Å². The number of carbonyl (C=O) groups is 2. The third-order valence-corrected chi connectivity index (χ3v) is 5.62. The second-order valence-corrected chi connectivity index (χ2v) is 8.11. The monoisotopic (exact) mass is 571 g/mol. The van der Waals surface area contributed by atoms with Crippen molar-refractivity contribution in [3.05, 3.63) is 50.5 Å². The second-order valence-electron chi connectivity index (χ2n) is 6.05. The number of nitrogens with zero attached hydrogens (tertiary/aromatic N) is 1. The molecule has 0 saturated heterocycles. The summed E-state index contributed by atoms with van der Waals surface area (Å²) in [6.07, 6.45) is 1.37. The van der Waals surface area contributed by atoms with E-state index in [0.29, 0.717) is 0 Å². The molecule has 1 aromatic rings. The quantitative estimate of drug-likeness (QED) is 0.212. The van der Waals surface area contributed by atoms with Crippen LogP contribution in [0.5, 0.6) is 0 Å². The predicted molar refractivity (Wildman–Crippen MR) is 117 cm³/mol. The zero-order valence-corrected chi connectivity index (χ0v) is 19.2. The number of aliphatic hydroxyl groups excluding tert-OH is 1. The number of anilines is 1. The molecule has 0 aromatic heterocycles. The molecule has 32 heavy (non-hydrogen) atoms. The molecule has 176 valence electrons. The van der Waals surface area contributed by atoms with Crippen LogP contribution in [0, 0.1) is 11.6 Å². The summed E-state index contributed by atoms with van der Waals surface area (Å²) >= 11 is -0.633. The highest BCUT2D eigenvalue weighted by molar-refractivity contribution is 14.2. The number of allylic oxidation sites excluding steroid dienone is 2. The Morgan fingerprint density at radius 3 is 2.59 bits per heavy atom. The summed E-state index contributed by atoms with van der Waals surface area (Å²) in [7, 11) is 2.42. The Hall–Kier alpha value is -2.33. The molecule has 0 aliphatic carbocycles. The van der Waals surface area contributed by atoms with Gasteiger partial charge in [-0.05, 0) is 16.2 Å². The van der Waals surface area contributed by atoms with Crippen molar-refractivity contribution in [1.82, 2.24) is 10.5 Å². The van der Waals surface area contributed by atoms with E-state index in [1.54, 1.807) is 4.08 Å². The minimum absolute atomic E-state index is 0.152. The number of nitrogens with one attached hydrogen (secondary N) is 2. The molecule has 3 N–H and O–H groups in total. The fourth-order valence-corrected chi connectivity index (χ4v) is 3.91. The van der Waals surface area contributed by atoms with E-state index in [0.717, 1.165) is 18.2 Å². The number of halogens is 4. The Morgan fingerprint density at radius 1 is 1.22 bits per heavy atom. The van der Waals surface area contributed by atoms with E-state index in [9.17, 15) is 18.4 Å². The first-order chi connectivity index (χ1) is 15.3. The molecular formula is C19H21F3IN3O6. The molecule has 0 spiro atoms. The molecule has 0 unspecified atom stereocenters. The van der Waals surface area contributed by atoms with Gasteiger partial charge < -0.3 is 15.2 Å². The van der Waals surface area contributed by atoms with Gasteiger partial charge in [0.05, 0.1) is 43.8 Å². The van der Waals surface area contributed by atoms with E-state index < -0.39 is 80.0 Å². The van der Waals surface area contributed by atoms with E-state index in [1.807, 2.05) is 5.48 Å². The maximum absolute atomic E-state index is 15.0. The Kier molecular flexibility index (Phi) is 10.2. The highest BCUT2D eigenvalue weighted by atomic mass is 127. The molecule has 13 heteroatoms. The number of aliphatic hydroxyl groups is 1.